The largest absolute Gasteiger partial charge is 0.391 e. The Bertz CT molecular complexity index is 238. The SMILES string of the molecule is NC1(C(=O)N2CCCC(O)C2)CCC1. The van der Waals surface area contributed by atoms with Crippen LogP contribution in [0.1, 0.15) is 32.1 Å². The van der Waals surface area contributed by atoms with Gasteiger partial charge in [-0.1, -0.05) is 0 Å². The van der Waals surface area contributed by atoms with Crippen molar-refractivity contribution in [2.24, 2.45) is 5.73 Å². The molecule has 4 nitrogen and oxygen atoms in total. The van der Waals surface area contributed by atoms with E-state index in [2.05, 4.69) is 0 Å². The first-order chi connectivity index (χ1) is 6.62. The van der Waals surface area contributed by atoms with Crippen LogP contribution in [-0.4, -0.2) is 40.6 Å². The highest BCUT2D eigenvalue weighted by Gasteiger charge is 2.43. The Hall–Kier alpha value is -0.610. The maximum atomic E-state index is 11.9. The van der Waals surface area contributed by atoms with Crippen molar-refractivity contribution in [3.05, 3.63) is 0 Å². The zero-order valence-electron chi connectivity index (χ0n) is 8.41. The molecule has 1 heterocycles. The van der Waals surface area contributed by atoms with E-state index in [4.69, 9.17) is 5.73 Å². The van der Waals surface area contributed by atoms with Crippen molar-refractivity contribution in [2.45, 2.75) is 43.7 Å². The molecular weight excluding hydrogens is 180 g/mol. The van der Waals surface area contributed by atoms with Crippen LogP contribution in [0.25, 0.3) is 0 Å². The quantitative estimate of drug-likeness (QED) is 0.616. The number of aliphatic hydroxyl groups excluding tert-OH is 1. The van der Waals surface area contributed by atoms with Crippen LogP contribution in [0.2, 0.25) is 0 Å². The van der Waals surface area contributed by atoms with Gasteiger partial charge in [-0.15, -0.1) is 0 Å². The number of aliphatic hydroxyl groups is 1. The minimum absolute atomic E-state index is 0.0440. The molecule has 1 aliphatic heterocycles. The summed E-state index contributed by atoms with van der Waals surface area (Å²) in [5, 5.41) is 9.45. The highest BCUT2D eigenvalue weighted by Crippen LogP contribution is 2.31. The van der Waals surface area contributed by atoms with Crippen LogP contribution in [0.15, 0.2) is 0 Å². The number of carbonyl (C=O) groups is 1. The number of hydrogen-bond donors (Lipinski definition) is 2. The number of hydrogen-bond acceptors (Lipinski definition) is 3. The molecule has 1 saturated carbocycles. The van der Waals surface area contributed by atoms with Crippen LogP contribution in [0, 0.1) is 0 Å². The third kappa shape index (κ3) is 1.64. The van der Waals surface area contributed by atoms with E-state index < -0.39 is 5.54 Å². The summed E-state index contributed by atoms with van der Waals surface area (Å²) in [6, 6.07) is 0. The molecule has 14 heavy (non-hydrogen) atoms. The lowest BCUT2D eigenvalue weighted by molar-refractivity contribution is -0.143. The summed E-state index contributed by atoms with van der Waals surface area (Å²) in [6.07, 6.45) is 4.01. The fraction of sp³-hybridized carbons (Fsp3) is 0.900. The first kappa shape index (κ1) is 9.93. The first-order valence-electron chi connectivity index (χ1n) is 5.38. The van der Waals surface area contributed by atoms with Gasteiger partial charge in [0.1, 0.15) is 0 Å². The average molecular weight is 198 g/mol. The van der Waals surface area contributed by atoms with E-state index in [-0.39, 0.29) is 12.0 Å². The number of rotatable bonds is 1. The van der Waals surface area contributed by atoms with Gasteiger partial charge in [-0.25, -0.2) is 0 Å². The lowest BCUT2D eigenvalue weighted by Crippen LogP contribution is -2.61. The molecule has 1 saturated heterocycles. The molecule has 2 aliphatic rings. The van der Waals surface area contributed by atoms with Gasteiger partial charge in [0.05, 0.1) is 11.6 Å². The van der Waals surface area contributed by atoms with E-state index in [1.54, 1.807) is 4.90 Å². The Morgan fingerprint density at radius 2 is 2.14 bits per heavy atom. The molecule has 2 rings (SSSR count). The average Bonchev–Trinajstić information content (AvgIpc) is 2.13. The topological polar surface area (TPSA) is 66.6 Å². The fourth-order valence-electron chi connectivity index (χ4n) is 2.23. The summed E-state index contributed by atoms with van der Waals surface area (Å²) < 4.78 is 0. The number of nitrogens with two attached hydrogens (primary N) is 1. The maximum Gasteiger partial charge on any atom is 0.242 e. The van der Waals surface area contributed by atoms with E-state index in [0.29, 0.717) is 6.54 Å². The summed E-state index contributed by atoms with van der Waals surface area (Å²) in [4.78, 5) is 13.7. The summed E-state index contributed by atoms with van der Waals surface area (Å²) in [7, 11) is 0. The number of nitrogens with zero attached hydrogens (tertiary/aromatic N) is 1. The van der Waals surface area contributed by atoms with Gasteiger partial charge in [-0.3, -0.25) is 4.79 Å². The van der Waals surface area contributed by atoms with Crippen molar-refractivity contribution in [1.29, 1.82) is 0 Å². The predicted octanol–water partition coefficient (Wildman–Crippen LogP) is -0.149. The highest BCUT2D eigenvalue weighted by molar-refractivity contribution is 5.87. The van der Waals surface area contributed by atoms with E-state index in [9.17, 15) is 9.90 Å². The fourth-order valence-corrected chi connectivity index (χ4v) is 2.23. The van der Waals surface area contributed by atoms with Gasteiger partial charge in [-0.05, 0) is 32.1 Å². The van der Waals surface area contributed by atoms with Crippen molar-refractivity contribution >= 4 is 5.91 Å². The number of β-amino-alcohol motifs (C(OH)–C–C–N with tert-alkyl or cyclic N) is 1. The third-order valence-electron chi connectivity index (χ3n) is 3.36. The number of amides is 1. The third-order valence-corrected chi connectivity index (χ3v) is 3.36. The Kier molecular flexibility index (Phi) is 2.49. The van der Waals surface area contributed by atoms with Crippen molar-refractivity contribution in [3.63, 3.8) is 0 Å². The minimum Gasteiger partial charge on any atom is -0.391 e. The maximum absolute atomic E-state index is 11.9. The van der Waals surface area contributed by atoms with Gasteiger partial charge < -0.3 is 15.7 Å². The van der Waals surface area contributed by atoms with E-state index in [0.717, 1.165) is 38.6 Å². The van der Waals surface area contributed by atoms with Crippen LogP contribution < -0.4 is 5.73 Å². The van der Waals surface area contributed by atoms with Crippen LogP contribution >= 0.6 is 0 Å². The number of piperidine rings is 1. The van der Waals surface area contributed by atoms with Crippen molar-refractivity contribution in [1.82, 2.24) is 4.90 Å². The molecule has 0 aromatic heterocycles. The summed E-state index contributed by atoms with van der Waals surface area (Å²) in [5.74, 6) is 0.0440. The molecule has 1 amide bonds. The number of carbonyl (C=O) groups excluding carboxylic acids is 1. The smallest absolute Gasteiger partial charge is 0.242 e. The van der Waals surface area contributed by atoms with Gasteiger partial charge in [0.2, 0.25) is 5.91 Å². The molecule has 1 atom stereocenters. The molecule has 0 spiro atoms. The van der Waals surface area contributed by atoms with Gasteiger partial charge in [-0.2, -0.15) is 0 Å². The van der Waals surface area contributed by atoms with E-state index in [1.165, 1.54) is 0 Å². The van der Waals surface area contributed by atoms with Crippen LogP contribution in [0.3, 0.4) is 0 Å². The second kappa shape index (κ2) is 3.51. The second-order valence-electron chi connectivity index (χ2n) is 4.56. The molecule has 0 radical (unpaired) electrons. The molecule has 0 aromatic rings. The molecular formula is C10H18N2O2. The Morgan fingerprint density at radius 1 is 1.43 bits per heavy atom. The molecule has 3 N–H and O–H groups in total. The van der Waals surface area contributed by atoms with Gasteiger partial charge >= 0.3 is 0 Å². The second-order valence-corrected chi connectivity index (χ2v) is 4.56. The Labute approximate surface area is 84.1 Å². The predicted molar refractivity (Wildman–Crippen MR) is 52.6 cm³/mol. The molecule has 4 heteroatoms. The molecule has 80 valence electrons. The van der Waals surface area contributed by atoms with Crippen molar-refractivity contribution in [3.8, 4) is 0 Å². The molecule has 1 unspecified atom stereocenters. The monoisotopic (exact) mass is 198 g/mol. The highest BCUT2D eigenvalue weighted by atomic mass is 16.3. The van der Waals surface area contributed by atoms with Crippen molar-refractivity contribution < 1.29 is 9.90 Å². The van der Waals surface area contributed by atoms with Gasteiger partial charge in [0, 0.05) is 13.1 Å². The summed E-state index contributed by atoms with van der Waals surface area (Å²) >= 11 is 0. The molecule has 1 aliphatic carbocycles. The standard InChI is InChI=1S/C10H18N2O2/c11-10(4-2-5-10)9(14)12-6-1-3-8(13)7-12/h8,13H,1-7,11H2. The zero-order chi connectivity index (χ0) is 10.2. The summed E-state index contributed by atoms with van der Waals surface area (Å²) in [6.45, 7) is 1.23. The number of likely N-dealkylation sites (tertiary alicyclic amines) is 1. The van der Waals surface area contributed by atoms with Gasteiger partial charge in [0.15, 0.2) is 0 Å². The lowest BCUT2D eigenvalue weighted by Gasteiger charge is -2.42. The first-order valence-corrected chi connectivity index (χ1v) is 5.38. The van der Waals surface area contributed by atoms with E-state index in [1.807, 2.05) is 0 Å². The zero-order valence-corrected chi connectivity index (χ0v) is 8.41. The summed E-state index contributed by atoms with van der Waals surface area (Å²) in [5.41, 5.74) is 5.35. The molecule has 0 bridgehead atoms. The Balaban J connectivity index is 1.96. The van der Waals surface area contributed by atoms with E-state index >= 15 is 0 Å². The lowest BCUT2D eigenvalue weighted by atomic mass is 9.76. The van der Waals surface area contributed by atoms with Gasteiger partial charge in [0.25, 0.3) is 0 Å². The van der Waals surface area contributed by atoms with Crippen LogP contribution in [0.5, 0.6) is 0 Å². The Morgan fingerprint density at radius 3 is 2.64 bits per heavy atom. The van der Waals surface area contributed by atoms with Crippen molar-refractivity contribution in [2.75, 3.05) is 13.1 Å². The molecule has 2 fully saturated rings. The van der Waals surface area contributed by atoms with Crippen LogP contribution in [-0.2, 0) is 4.79 Å². The normalized spacial score (nSPS) is 31.0. The minimum atomic E-state index is -0.600. The van der Waals surface area contributed by atoms with Crippen LogP contribution in [0.4, 0.5) is 0 Å². The molecule has 0 aromatic carbocycles.